The van der Waals surface area contributed by atoms with Crippen molar-refractivity contribution in [3.05, 3.63) is 0 Å². The fourth-order valence-corrected chi connectivity index (χ4v) is 1.41. The van der Waals surface area contributed by atoms with Crippen LogP contribution < -0.4 is 0 Å². The van der Waals surface area contributed by atoms with E-state index in [1.54, 1.807) is 0 Å². The standard InChI is InChI=1S/C12H26O3/c1-5-7-12(6-2)15-11(4)9-14-10(3)8-13/h10-13H,5-9H2,1-4H3. The molecule has 0 aliphatic rings. The highest BCUT2D eigenvalue weighted by Gasteiger charge is 2.11. The smallest absolute Gasteiger partial charge is 0.0784 e. The Balaban J connectivity index is 3.65. The molecule has 3 heteroatoms. The summed E-state index contributed by atoms with van der Waals surface area (Å²) in [5, 5.41) is 8.79. The highest BCUT2D eigenvalue weighted by atomic mass is 16.5. The molecule has 0 amide bonds. The van der Waals surface area contributed by atoms with Crippen molar-refractivity contribution in [1.82, 2.24) is 0 Å². The van der Waals surface area contributed by atoms with Crippen LogP contribution in [0.25, 0.3) is 0 Å². The summed E-state index contributed by atoms with van der Waals surface area (Å²) in [4.78, 5) is 0. The minimum atomic E-state index is -0.0951. The van der Waals surface area contributed by atoms with Crippen LogP contribution >= 0.6 is 0 Å². The zero-order chi connectivity index (χ0) is 11.7. The normalized spacial score (nSPS) is 17.4. The molecule has 0 spiro atoms. The van der Waals surface area contributed by atoms with Gasteiger partial charge in [0.1, 0.15) is 0 Å². The summed E-state index contributed by atoms with van der Waals surface area (Å²) >= 11 is 0. The number of hydrogen-bond donors (Lipinski definition) is 1. The molecule has 3 nitrogen and oxygen atoms in total. The Morgan fingerprint density at radius 3 is 2.27 bits per heavy atom. The summed E-state index contributed by atoms with van der Waals surface area (Å²) < 4.78 is 11.2. The molecule has 0 aromatic heterocycles. The van der Waals surface area contributed by atoms with E-state index in [0.29, 0.717) is 12.7 Å². The van der Waals surface area contributed by atoms with Crippen molar-refractivity contribution >= 4 is 0 Å². The molecule has 0 fully saturated rings. The van der Waals surface area contributed by atoms with Crippen molar-refractivity contribution in [2.24, 2.45) is 0 Å². The van der Waals surface area contributed by atoms with E-state index in [1.165, 1.54) is 0 Å². The van der Waals surface area contributed by atoms with Crippen LogP contribution in [0, 0.1) is 0 Å². The van der Waals surface area contributed by atoms with Gasteiger partial charge in [-0.05, 0) is 26.7 Å². The third-order valence-electron chi connectivity index (χ3n) is 2.36. The van der Waals surface area contributed by atoms with Gasteiger partial charge >= 0.3 is 0 Å². The molecule has 1 N–H and O–H groups in total. The van der Waals surface area contributed by atoms with E-state index in [4.69, 9.17) is 14.6 Å². The highest BCUT2D eigenvalue weighted by molar-refractivity contribution is 4.59. The molecular formula is C12H26O3. The maximum atomic E-state index is 8.79. The molecule has 0 radical (unpaired) electrons. The maximum Gasteiger partial charge on any atom is 0.0784 e. The van der Waals surface area contributed by atoms with Gasteiger partial charge in [-0.3, -0.25) is 0 Å². The summed E-state index contributed by atoms with van der Waals surface area (Å²) in [7, 11) is 0. The maximum absolute atomic E-state index is 8.79. The summed E-state index contributed by atoms with van der Waals surface area (Å²) in [6.07, 6.45) is 3.67. The van der Waals surface area contributed by atoms with Crippen LogP contribution in [0.4, 0.5) is 0 Å². The van der Waals surface area contributed by atoms with Gasteiger partial charge in [-0.2, -0.15) is 0 Å². The Morgan fingerprint density at radius 1 is 1.13 bits per heavy atom. The number of rotatable bonds is 9. The molecule has 0 aliphatic carbocycles. The average Bonchev–Trinajstić information content (AvgIpc) is 2.25. The van der Waals surface area contributed by atoms with Gasteiger partial charge in [-0.15, -0.1) is 0 Å². The molecule has 0 aliphatic heterocycles. The molecule has 0 heterocycles. The molecular weight excluding hydrogens is 192 g/mol. The van der Waals surface area contributed by atoms with Crippen molar-refractivity contribution < 1.29 is 14.6 Å². The van der Waals surface area contributed by atoms with Crippen molar-refractivity contribution in [3.8, 4) is 0 Å². The first-order chi connectivity index (χ1) is 7.13. The van der Waals surface area contributed by atoms with Gasteiger partial charge in [0.15, 0.2) is 0 Å². The molecule has 0 aromatic rings. The summed E-state index contributed by atoms with van der Waals surface area (Å²) in [5.41, 5.74) is 0. The topological polar surface area (TPSA) is 38.7 Å². The van der Waals surface area contributed by atoms with Gasteiger partial charge in [0, 0.05) is 0 Å². The van der Waals surface area contributed by atoms with E-state index in [2.05, 4.69) is 13.8 Å². The Hall–Kier alpha value is -0.120. The average molecular weight is 218 g/mol. The van der Waals surface area contributed by atoms with Crippen molar-refractivity contribution in [2.75, 3.05) is 13.2 Å². The Morgan fingerprint density at radius 2 is 1.80 bits per heavy atom. The predicted molar refractivity (Wildman–Crippen MR) is 62.0 cm³/mol. The highest BCUT2D eigenvalue weighted by Crippen LogP contribution is 2.09. The van der Waals surface area contributed by atoms with E-state index in [9.17, 15) is 0 Å². The zero-order valence-electron chi connectivity index (χ0n) is 10.5. The van der Waals surface area contributed by atoms with E-state index in [1.807, 2.05) is 13.8 Å². The van der Waals surface area contributed by atoms with Gasteiger partial charge in [-0.25, -0.2) is 0 Å². The summed E-state index contributed by atoms with van der Waals surface area (Å²) in [6, 6.07) is 0. The van der Waals surface area contributed by atoms with Gasteiger partial charge in [0.05, 0.1) is 31.5 Å². The first-order valence-electron chi connectivity index (χ1n) is 6.01. The van der Waals surface area contributed by atoms with Crippen LogP contribution in [0.3, 0.4) is 0 Å². The van der Waals surface area contributed by atoms with Crippen LogP contribution in [0.1, 0.15) is 47.0 Å². The lowest BCUT2D eigenvalue weighted by Gasteiger charge is -2.22. The molecule has 0 saturated heterocycles. The van der Waals surface area contributed by atoms with Crippen LogP contribution in [0.2, 0.25) is 0 Å². The van der Waals surface area contributed by atoms with Gasteiger partial charge < -0.3 is 14.6 Å². The van der Waals surface area contributed by atoms with Crippen LogP contribution in [0.15, 0.2) is 0 Å². The molecule has 3 unspecified atom stereocenters. The van der Waals surface area contributed by atoms with Crippen molar-refractivity contribution in [3.63, 3.8) is 0 Å². The van der Waals surface area contributed by atoms with E-state index in [0.717, 1.165) is 19.3 Å². The van der Waals surface area contributed by atoms with Crippen molar-refractivity contribution in [2.45, 2.75) is 65.3 Å². The summed E-state index contributed by atoms with van der Waals surface area (Å²) in [6.45, 7) is 8.81. The second kappa shape index (κ2) is 9.13. The molecule has 0 rings (SSSR count). The second-order valence-electron chi connectivity index (χ2n) is 4.09. The lowest BCUT2D eigenvalue weighted by molar-refractivity contribution is -0.0749. The molecule has 3 atom stereocenters. The fourth-order valence-electron chi connectivity index (χ4n) is 1.41. The minimum Gasteiger partial charge on any atom is -0.394 e. The third kappa shape index (κ3) is 7.77. The fraction of sp³-hybridized carbons (Fsp3) is 1.00. The Bertz CT molecular complexity index is 139. The number of aliphatic hydroxyl groups is 1. The van der Waals surface area contributed by atoms with Crippen molar-refractivity contribution in [1.29, 1.82) is 0 Å². The number of aliphatic hydroxyl groups excluding tert-OH is 1. The predicted octanol–water partition coefficient (Wildman–Crippen LogP) is 2.37. The van der Waals surface area contributed by atoms with Gasteiger partial charge in [0.25, 0.3) is 0 Å². The summed E-state index contributed by atoms with van der Waals surface area (Å²) in [5.74, 6) is 0. The van der Waals surface area contributed by atoms with Crippen LogP contribution in [-0.4, -0.2) is 36.6 Å². The second-order valence-corrected chi connectivity index (χ2v) is 4.09. The lowest BCUT2D eigenvalue weighted by atomic mass is 10.1. The Labute approximate surface area is 93.8 Å². The van der Waals surface area contributed by atoms with Gasteiger partial charge in [-0.1, -0.05) is 20.3 Å². The van der Waals surface area contributed by atoms with Crippen LogP contribution in [-0.2, 0) is 9.47 Å². The zero-order valence-corrected chi connectivity index (χ0v) is 10.5. The third-order valence-corrected chi connectivity index (χ3v) is 2.36. The van der Waals surface area contributed by atoms with E-state index < -0.39 is 0 Å². The largest absolute Gasteiger partial charge is 0.394 e. The minimum absolute atomic E-state index is 0.0683. The lowest BCUT2D eigenvalue weighted by Crippen LogP contribution is -2.26. The molecule has 92 valence electrons. The molecule has 0 saturated carbocycles. The Kier molecular flexibility index (Phi) is 9.06. The van der Waals surface area contributed by atoms with Gasteiger partial charge in [0.2, 0.25) is 0 Å². The quantitative estimate of drug-likeness (QED) is 0.645. The monoisotopic (exact) mass is 218 g/mol. The van der Waals surface area contributed by atoms with E-state index in [-0.39, 0.29) is 18.8 Å². The number of ether oxygens (including phenoxy) is 2. The van der Waals surface area contributed by atoms with Crippen LogP contribution in [0.5, 0.6) is 0 Å². The molecule has 0 aromatic carbocycles. The molecule has 0 bridgehead atoms. The first-order valence-corrected chi connectivity index (χ1v) is 6.01. The first kappa shape index (κ1) is 14.9. The SMILES string of the molecule is CCCC(CC)OC(C)COC(C)CO. The van der Waals surface area contributed by atoms with E-state index >= 15 is 0 Å². The molecule has 15 heavy (non-hydrogen) atoms. The number of hydrogen-bond acceptors (Lipinski definition) is 3.